The zero-order valence-electron chi connectivity index (χ0n) is 19.2. The van der Waals surface area contributed by atoms with Crippen LogP contribution in [0.15, 0.2) is 4.99 Å². The Balaban J connectivity index is 3.22. The van der Waals surface area contributed by atoms with Crippen molar-refractivity contribution in [1.82, 2.24) is 10.6 Å². The van der Waals surface area contributed by atoms with Crippen molar-refractivity contribution in [1.29, 1.82) is 0 Å². The van der Waals surface area contributed by atoms with E-state index in [0.29, 0.717) is 11.8 Å². The van der Waals surface area contributed by atoms with E-state index in [4.69, 9.17) is 5.11 Å². The molecule has 0 rings (SSSR count). The van der Waals surface area contributed by atoms with Crippen LogP contribution in [0.5, 0.6) is 0 Å². The van der Waals surface area contributed by atoms with Gasteiger partial charge in [0.05, 0.1) is 40.5 Å². The molecule has 0 radical (unpaired) electrons. The van der Waals surface area contributed by atoms with E-state index in [1.807, 2.05) is 70.6 Å². The molecule has 0 aromatic rings. The van der Waals surface area contributed by atoms with Gasteiger partial charge in [0.2, 0.25) is 0 Å². The summed E-state index contributed by atoms with van der Waals surface area (Å²) in [4.78, 5) is 15.9. The highest BCUT2D eigenvalue weighted by Gasteiger charge is 2.02. The number of thioether (sulfide) groups is 10. The minimum Gasteiger partial charge on any atom is -0.395 e. The lowest BCUT2D eigenvalue weighted by molar-refractivity contribution is 0.262. The normalized spacial score (nSPS) is 12.4. The number of amides is 1. The van der Waals surface area contributed by atoms with Crippen LogP contribution in [-0.4, -0.2) is 97.3 Å². The summed E-state index contributed by atoms with van der Waals surface area (Å²) in [6.07, 6.45) is 0. The van der Waals surface area contributed by atoms with Crippen molar-refractivity contribution in [2.75, 3.05) is 77.2 Å². The number of nitrogens with one attached hydrogen (secondary N) is 2. The zero-order chi connectivity index (χ0) is 25.0. The second-order valence-corrected chi connectivity index (χ2v) is 19.5. The molecule has 34 heavy (non-hydrogen) atoms. The summed E-state index contributed by atoms with van der Waals surface area (Å²) < 4.78 is 11.2. The Bertz CT molecular complexity index is 511. The molecule has 0 spiro atoms. The van der Waals surface area contributed by atoms with E-state index in [9.17, 15) is 9.00 Å². The fourth-order valence-electron chi connectivity index (χ4n) is 1.50. The van der Waals surface area contributed by atoms with E-state index in [1.54, 1.807) is 35.3 Å². The van der Waals surface area contributed by atoms with Gasteiger partial charge >= 0.3 is 0 Å². The Hall–Kier alpha value is 2.71. The van der Waals surface area contributed by atoms with Crippen molar-refractivity contribution < 1.29 is 14.1 Å². The maximum absolute atomic E-state index is 11.8. The molecule has 0 saturated carbocycles. The summed E-state index contributed by atoms with van der Waals surface area (Å²) in [5, 5.41) is 22.0. The highest BCUT2D eigenvalue weighted by Crippen LogP contribution is 2.23. The molecule has 0 heterocycles. The van der Waals surface area contributed by atoms with Gasteiger partial charge in [-0.05, 0) is 5.75 Å². The van der Waals surface area contributed by atoms with Gasteiger partial charge in [0.25, 0.3) is 5.24 Å². The molecule has 1 unspecified atom stereocenters. The minimum atomic E-state index is -1.15. The number of carbonyl (C=O) groups is 1. The van der Waals surface area contributed by atoms with Gasteiger partial charge in [-0.15, -0.1) is 106 Å². The van der Waals surface area contributed by atoms with Crippen LogP contribution in [0, 0.1) is 0 Å². The van der Waals surface area contributed by atoms with Crippen LogP contribution in [0.3, 0.4) is 0 Å². The fraction of sp³-hybridized carbons (Fsp3) is 0.882. The maximum atomic E-state index is 11.8. The summed E-state index contributed by atoms with van der Waals surface area (Å²) in [5.41, 5.74) is 1.42. The average Bonchev–Trinajstić information content (AvgIpc) is 2.83. The topological polar surface area (TPSA) is 90.8 Å². The van der Waals surface area contributed by atoms with Crippen LogP contribution in [0.25, 0.3) is 0 Å². The summed E-state index contributed by atoms with van der Waals surface area (Å²) >= 11 is 18.0. The van der Waals surface area contributed by atoms with Gasteiger partial charge in [-0.2, -0.15) is 0 Å². The maximum Gasteiger partial charge on any atom is 0.280 e. The van der Waals surface area contributed by atoms with Gasteiger partial charge in [0.1, 0.15) is 0 Å². The average molecular weight is 682 g/mol. The first-order valence-electron chi connectivity index (χ1n) is 9.99. The lowest BCUT2D eigenvalue weighted by atomic mass is 10.9. The first-order chi connectivity index (χ1) is 16.7. The molecule has 0 aromatic carbocycles. The van der Waals surface area contributed by atoms with Crippen molar-refractivity contribution >= 4 is 139 Å². The van der Waals surface area contributed by atoms with E-state index < -0.39 is 10.8 Å². The third kappa shape index (κ3) is 30.9. The molecule has 0 aliphatic heterocycles. The van der Waals surface area contributed by atoms with Crippen molar-refractivity contribution in [2.45, 2.75) is 6.92 Å². The van der Waals surface area contributed by atoms with E-state index in [-0.39, 0.29) is 17.6 Å². The first kappa shape index (κ1) is 36.7. The van der Waals surface area contributed by atoms with E-state index in [2.05, 4.69) is 22.5 Å². The van der Waals surface area contributed by atoms with Crippen molar-refractivity contribution in [3.8, 4) is 0 Å². The molecule has 0 bridgehead atoms. The van der Waals surface area contributed by atoms with E-state index in [1.165, 1.54) is 17.3 Å². The van der Waals surface area contributed by atoms with Gasteiger partial charge in [-0.3, -0.25) is 19.3 Å². The minimum absolute atomic E-state index is 0.0563. The van der Waals surface area contributed by atoms with Gasteiger partial charge in [-0.1, -0.05) is 18.7 Å². The fourth-order valence-corrected chi connectivity index (χ4v) is 12.6. The highest BCUT2D eigenvalue weighted by molar-refractivity contribution is 8.30. The number of hydrogen-bond donors (Lipinski definition) is 3. The lowest BCUT2D eigenvalue weighted by Crippen LogP contribution is -2.17. The number of carbonyl (C=O) groups excluding carboxylic acids is 1. The molecule has 1 amide bonds. The van der Waals surface area contributed by atoms with Crippen LogP contribution < -0.4 is 10.6 Å². The van der Waals surface area contributed by atoms with Gasteiger partial charge < -0.3 is 10.4 Å². The van der Waals surface area contributed by atoms with Gasteiger partial charge in [0, 0.05) is 47.3 Å². The first-order valence-corrected chi connectivity index (χ1v) is 22.8. The number of aliphatic hydroxyl groups excluding tert-OH is 1. The van der Waals surface area contributed by atoms with Crippen molar-refractivity contribution in [3.05, 3.63) is 0 Å². The zero-order valence-corrected chi connectivity index (χ0v) is 28.2. The molecule has 0 aliphatic carbocycles. The number of aliphatic imine (C=N–C) groups is 1. The summed E-state index contributed by atoms with van der Waals surface area (Å²) in [6.45, 7) is 2.10. The third-order valence-electron chi connectivity index (χ3n) is 2.85. The van der Waals surface area contributed by atoms with Crippen molar-refractivity contribution in [3.63, 3.8) is 0 Å². The van der Waals surface area contributed by atoms with Crippen LogP contribution in [0.1, 0.15) is 6.92 Å². The van der Waals surface area contributed by atoms with Crippen LogP contribution >= 0.6 is 118 Å². The van der Waals surface area contributed by atoms with E-state index in [0.717, 1.165) is 53.1 Å². The Morgan fingerprint density at radius 2 is 1.38 bits per heavy atom. The Morgan fingerprint density at radius 3 is 2.03 bits per heavy atom. The third-order valence-corrected chi connectivity index (χ3v) is 15.3. The monoisotopic (exact) mass is 681 g/mol. The lowest BCUT2D eigenvalue weighted by Gasteiger charge is -2.05. The Labute approximate surface area is 250 Å². The van der Waals surface area contributed by atoms with Crippen molar-refractivity contribution in [2.24, 2.45) is 4.99 Å². The highest BCUT2D eigenvalue weighted by atomic mass is 32.3. The van der Waals surface area contributed by atoms with Gasteiger partial charge in [-0.25, -0.2) is 0 Å². The number of rotatable bonds is 26. The van der Waals surface area contributed by atoms with E-state index >= 15 is 0 Å². The number of aliphatic hydroxyl groups is 1. The van der Waals surface area contributed by atoms with Crippen LogP contribution in [-0.2, 0) is 10.8 Å². The van der Waals surface area contributed by atoms with Crippen LogP contribution in [0.2, 0.25) is 0 Å². The molecule has 3 N–H and O–H groups in total. The molecule has 17 heteroatoms. The smallest absolute Gasteiger partial charge is 0.280 e. The predicted octanol–water partition coefficient (Wildman–Crippen LogP) is 5.94. The van der Waals surface area contributed by atoms with Crippen LogP contribution in [0.4, 0.5) is 4.79 Å². The summed E-state index contributed by atoms with van der Waals surface area (Å²) in [6, 6.07) is 0. The second kappa shape index (κ2) is 31.9. The summed E-state index contributed by atoms with van der Waals surface area (Å²) in [5.74, 6) is 4.73. The molecular weight excluding hydrogens is 647 g/mol. The SMILES string of the molecule is CCSCNCSCSCSCSCSC(=O)NCSCSCSCSCN=CS(=O)CCO. The quantitative estimate of drug-likeness (QED) is 0.0436. The predicted molar refractivity (Wildman–Crippen MR) is 180 cm³/mol. The number of nitrogens with zero attached hydrogens (tertiary/aromatic N) is 1. The van der Waals surface area contributed by atoms with Gasteiger partial charge in [0.15, 0.2) is 0 Å². The standard InChI is InChI=1S/C17H35N3O3S11/c1-2-24-5-18-6-25-10-28-14-31-15-32-16-33-17(22)20-8-27-12-30-13-29-11-26-7-19-9-34(23)4-3-21/h9,18,21H,2-8,10-16H2,1H3,(H,20,22). The molecule has 0 saturated heterocycles. The molecule has 1 atom stereocenters. The molecule has 0 fully saturated rings. The Kier molecular flexibility index (Phi) is 34.5. The molecule has 202 valence electrons. The molecule has 0 aliphatic rings. The number of hydrogen-bond acceptors (Lipinski definition) is 15. The summed E-state index contributed by atoms with van der Waals surface area (Å²) in [7, 11) is -1.15. The molecule has 6 nitrogen and oxygen atoms in total. The molecule has 0 aromatic heterocycles. The second-order valence-electron chi connectivity index (χ2n) is 5.47. The Morgan fingerprint density at radius 1 is 0.824 bits per heavy atom. The molecular formula is C17H35N3O3S11. The largest absolute Gasteiger partial charge is 0.395 e.